The minimum absolute atomic E-state index is 0.217. The maximum Gasteiger partial charge on any atom is 0.416 e. The van der Waals surface area contributed by atoms with Crippen molar-refractivity contribution in [3.05, 3.63) is 35.4 Å². The highest BCUT2D eigenvalue weighted by molar-refractivity contribution is 5.94. The molecule has 1 N–H and O–H groups in total. The van der Waals surface area contributed by atoms with Gasteiger partial charge in [0, 0.05) is 31.7 Å². The molecule has 1 aliphatic rings. The second-order valence-electron chi connectivity index (χ2n) is 4.12. The maximum absolute atomic E-state index is 12.4. The molecule has 0 atom stereocenters. The van der Waals surface area contributed by atoms with Gasteiger partial charge in [0.2, 0.25) is 0 Å². The molecule has 0 aromatic heterocycles. The molecule has 1 aromatic carbocycles. The van der Waals surface area contributed by atoms with Gasteiger partial charge in [0.1, 0.15) is 0 Å². The third kappa shape index (κ3) is 2.81. The Morgan fingerprint density at radius 2 is 1.67 bits per heavy atom. The fourth-order valence-electron chi connectivity index (χ4n) is 1.85. The van der Waals surface area contributed by atoms with Crippen LogP contribution in [0.25, 0.3) is 0 Å². The zero-order chi connectivity index (χ0) is 13.2. The number of hydrogen-bond acceptors (Lipinski definition) is 2. The second-order valence-corrected chi connectivity index (χ2v) is 4.12. The van der Waals surface area contributed by atoms with Crippen molar-refractivity contribution >= 4 is 5.91 Å². The molecule has 0 radical (unpaired) electrons. The lowest BCUT2D eigenvalue weighted by Gasteiger charge is -2.27. The van der Waals surface area contributed by atoms with E-state index in [9.17, 15) is 18.0 Å². The normalized spacial score (nSPS) is 16.7. The van der Waals surface area contributed by atoms with E-state index in [-0.39, 0.29) is 5.91 Å². The Balaban J connectivity index is 2.11. The first kappa shape index (κ1) is 12.9. The Hall–Kier alpha value is -1.56. The molecule has 0 saturated carbocycles. The molecule has 6 heteroatoms. The standard InChI is InChI=1S/C12H13F3N2O/c13-12(14,15)10-3-1-9(2-4-10)11(18)17-7-5-16-6-8-17/h1-4,16H,5-8H2. The topological polar surface area (TPSA) is 32.3 Å². The van der Waals surface area contributed by atoms with Gasteiger partial charge in [0.15, 0.2) is 0 Å². The predicted molar refractivity (Wildman–Crippen MR) is 60.2 cm³/mol. The molecule has 1 fully saturated rings. The number of alkyl halides is 3. The quantitative estimate of drug-likeness (QED) is 0.832. The van der Waals surface area contributed by atoms with E-state index < -0.39 is 11.7 Å². The lowest BCUT2D eigenvalue weighted by Crippen LogP contribution is -2.46. The number of rotatable bonds is 1. The van der Waals surface area contributed by atoms with E-state index in [1.807, 2.05) is 0 Å². The van der Waals surface area contributed by atoms with Gasteiger partial charge < -0.3 is 10.2 Å². The molecule has 0 unspecified atom stereocenters. The summed E-state index contributed by atoms with van der Waals surface area (Å²) in [6.07, 6.45) is -4.36. The Labute approximate surface area is 103 Å². The van der Waals surface area contributed by atoms with Crippen LogP contribution in [0, 0.1) is 0 Å². The first-order valence-electron chi connectivity index (χ1n) is 5.66. The van der Waals surface area contributed by atoms with Gasteiger partial charge in [-0.15, -0.1) is 0 Å². The van der Waals surface area contributed by atoms with Gasteiger partial charge in [-0.05, 0) is 24.3 Å². The van der Waals surface area contributed by atoms with Gasteiger partial charge in [0.05, 0.1) is 5.56 Å². The highest BCUT2D eigenvalue weighted by Gasteiger charge is 2.30. The number of piperazine rings is 1. The molecule has 0 aliphatic carbocycles. The van der Waals surface area contributed by atoms with E-state index in [1.54, 1.807) is 4.90 Å². The zero-order valence-corrected chi connectivity index (χ0v) is 9.63. The molecular weight excluding hydrogens is 245 g/mol. The predicted octanol–water partition coefficient (Wildman–Crippen LogP) is 1.75. The van der Waals surface area contributed by atoms with Gasteiger partial charge in [-0.2, -0.15) is 13.2 Å². The largest absolute Gasteiger partial charge is 0.416 e. The molecular formula is C12H13F3N2O. The zero-order valence-electron chi connectivity index (χ0n) is 9.63. The average molecular weight is 258 g/mol. The number of hydrogen-bond donors (Lipinski definition) is 1. The monoisotopic (exact) mass is 258 g/mol. The molecule has 1 heterocycles. The van der Waals surface area contributed by atoms with E-state index in [2.05, 4.69) is 5.32 Å². The van der Waals surface area contributed by atoms with Crippen molar-refractivity contribution in [3.8, 4) is 0 Å². The number of carbonyl (C=O) groups excluding carboxylic acids is 1. The number of benzene rings is 1. The molecule has 1 saturated heterocycles. The van der Waals surface area contributed by atoms with Crippen molar-refractivity contribution in [2.45, 2.75) is 6.18 Å². The second kappa shape index (κ2) is 4.97. The number of nitrogens with one attached hydrogen (secondary N) is 1. The molecule has 1 amide bonds. The smallest absolute Gasteiger partial charge is 0.336 e. The summed E-state index contributed by atoms with van der Waals surface area (Å²) < 4.78 is 37.1. The van der Waals surface area contributed by atoms with Crippen LogP contribution in [0.1, 0.15) is 15.9 Å². The Kier molecular flexibility index (Phi) is 3.56. The molecule has 18 heavy (non-hydrogen) atoms. The van der Waals surface area contributed by atoms with Crippen molar-refractivity contribution in [2.75, 3.05) is 26.2 Å². The van der Waals surface area contributed by atoms with Crippen LogP contribution in [-0.4, -0.2) is 37.0 Å². The molecule has 98 valence electrons. The first-order valence-corrected chi connectivity index (χ1v) is 5.66. The van der Waals surface area contributed by atoms with E-state index in [0.717, 1.165) is 12.1 Å². The van der Waals surface area contributed by atoms with Crippen molar-refractivity contribution < 1.29 is 18.0 Å². The van der Waals surface area contributed by atoms with Crippen LogP contribution < -0.4 is 5.32 Å². The van der Waals surface area contributed by atoms with Crippen LogP contribution in [0.4, 0.5) is 13.2 Å². The van der Waals surface area contributed by atoms with Gasteiger partial charge >= 0.3 is 6.18 Å². The minimum Gasteiger partial charge on any atom is -0.336 e. The highest BCUT2D eigenvalue weighted by Crippen LogP contribution is 2.29. The summed E-state index contributed by atoms with van der Waals surface area (Å²) >= 11 is 0. The van der Waals surface area contributed by atoms with E-state index in [4.69, 9.17) is 0 Å². The molecule has 0 bridgehead atoms. The van der Waals surface area contributed by atoms with Crippen molar-refractivity contribution in [1.29, 1.82) is 0 Å². The van der Waals surface area contributed by atoms with E-state index in [1.165, 1.54) is 12.1 Å². The van der Waals surface area contributed by atoms with Gasteiger partial charge in [-0.25, -0.2) is 0 Å². The summed E-state index contributed by atoms with van der Waals surface area (Å²) in [7, 11) is 0. The van der Waals surface area contributed by atoms with Crippen LogP contribution in [0.5, 0.6) is 0 Å². The Morgan fingerprint density at radius 3 is 2.17 bits per heavy atom. The van der Waals surface area contributed by atoms with Crippen LogP contribution >= 0.6 is 0 Å². The fraction of sp³-hybridized carbons (Fsp3) is 0.417. The highest BCUT2D eigenvalue weighted by atomic mass is 19.4. The van der Waals surface area contributed by atoms with E-state index >= 15 is 0 Å². The molecule has 3 nitrogen and oxygen atoms in total. The van der Waals surface area contributed by atoms with Crippen LogP contribution in [0.15, 0.2) is 24.3 Å². The third-order valence-corrected chi connectivity index (χ3v) is 2.86. The summed E-state index contributed by atoms with van der Waals surface area (Å²) in [5, 5.41) is 3.11. The Morgan fingerprint density at radius 1 is 1.11 bits per heavy atom. The summed E-state index contributed by atoms with van der Waals surface area (Å²) in [6.45, 7) is 2.60. The van der Waals surface area contributed by atoms with Gasteiger partial charge in [-0.3, -0.25) is 4.79 Å². The van der Waals surface area contributed by atoms with Crippen molar-refractivity contribution in [1.82, 2.24) is 10.2 Å². The minimum atomic E-state index is -4.36. The molecule has 1 aromatic rings. The fourth-order valence-corrected chi connectivity index (χ4v) is 1.85. The number of carbonyl (C=O) groups is 1. The van der Waals surface area contributed by atoms with Crippen molar-refractivity contribution in [2.24, 2.45) is 0 Å². The Bertz CT molecular complexity index is 422. The molecule has 1 aliphatic heterocycles. The lowest BCUT2D eigenvalue weighted by molar-refractivity contribution is -0.137. The van der Waals surface area contributed by atoms with Crippen molar-refractivity contribution in [3.63, 3.8) is 0 Å². The van der Waals surface area contributed by atoms with Gasteiger partial charge in [-0.1, -0.05) is 0 Å². The van der Waals surface area contributed by atoms with Crippen LogP contribution in [-0.2, 0) is 6.18 Å². The summed E-state index contributed by atoms with van der Waals surface area (Å²) in [4.78, 5) is 13.6. The summed E-state index contributed by atoms with van der Waals surface area (Å²) in [5.74, 6) is -0.217. The average Bonchev–Trinajstić information content (AvgIpc) is 2.38. The SMILES string of the molecule is O=C(c1ccc(C(F)(F)F)cc1)N1CCNCC1. The van der Waals surface area contributed by atoms with Gasteiger partial charge in [0.25, 0.3) is 5.91 Å². The number of amides is 1. The first-order chi connectivity index (χ1) is 8.48. The molecule has 2 rings (SSSR count). The number of halogens is 3. The lowest BCUT2D eigenvalue weighted by atomic mass is 10.1. The maximum atomic E-state index is 12.4. The molecule has 0 spiro atoms. The summed E-state index contributed by atoms with van der Waals surface area (Å²) in [6, 6.07) is 4.34. The summed E-state index contributed by atoms with van der Waals surface area (Å²) in [5.41, 5.74) is -0.440. The third-order valence-electron chi connectivity index (χ3n) is 2.86. The van der Waals surface area contributed by atoms with Crippen LogP contribution in [0.3, 0.4) is 0 Å². The van der Waals surface area contributed by atoms with E-state index in [0.29, 0.717) is 31.7 Å². The van der Waals surface area contributed by atoms with Crippen LogP contribution in [0.2, 0.25) is 0 Å². The number of nitrogens with zero attached hydrogens (tertiary/aromatic N) is 1.